The third-order valence-corrected chi connectivity index (χ3v) is 4.89. The van der Waals surface area contributed by atoms with Gasteiger partial charge < -0.3 is 14.8 Å². The molecular weight excluding hydrogens is 356 g/mol. The number of amides is 2. The molecule has 0 bridgehead atoms. The zero-order valence-corrected chi connectivity index (χ0v) is 16.7. The largest absolute Gasteiger partial charge is 0.460 e. The van der Waals surface area contributed by atoms with E-state index in [4.69, 9.17) is 9.47 Å². The molecule has 0 unspecified atom stereocenters. The number of nitrogens with one attached hydrogen (secondary N) is 1. The highest BCUT2D eigenvalue weighted by molar-refractivity contribution is 5.95. The van der Waals surface area contributed by atoms with E-state index in [2.05, 4.69) is 5.32 Å². The van der Waals surface area contributed by atoms with Crippen LogP contribution in [0.3, 0.4) is 0 Å². The van der Waals surface area contributed by atoms with Gasteiger partial charge in [0.15, 0.2) is 0 Å². The summed E-state index contributed by atoms with van der Waals surface area (Å²) >= 11 is 0. The SMILES string of the molecule is COCCOC(=O)C1=C(C)N(C(C)C)C(=O)N[C@H]1c1ccc2ccccc2c1. The van der Waals surface area contributed by atoms with E-state index in [0.29, 0.717) is 17.9 Å². The maximum absolute atomic E-state index is 12.9. The molecule has 2 aromatic rings. The smallest absolute Gasteiger partial charge is 0.338 e. The van der Waals surface area contributed by atoms with Crippen LogP contribution >= 0.6 is 0 Å². The van der Waals surface area contributed by atoms with Crippen molar-refractivity contribution in [2.75, 3.05) is 20.3 Å². The van der Waals surface area contributed by atoms with Gasteiger partial charge in [0.05, 0.1) is 18.2 Å². The quantitative estimate of drug-likeness (QED) is 0.610. The molecule has 1 heterocycles. The molecule has 28 heavy (non-hydrogen) atoms. The number of hydrogen-bond donors (Lipinski definition) is 1. The fraction of sp³-hybridized carbons (Fsp3) is 0.364. The lowest BCUT2D eigenvalue weighted by atomic mass is 9.93. The van der Waals surface area contributed by atoms with Gasteiger partial charge in [0, 0.05) is 18.8 Å². The molecule has 0 radical (unpaired) electrons. The number of rotatable bonds is 6. The summed E-state index contributed by atoms with van der Waals surface area (Å²) in [6, 6.07) is 13.0. The molecule has 0 spiro atoms. The Labute approximate surface area is 165 Å². The zero-order chi connectivity index (χ0) is 20.3. The first-order valence-electron chi connectivity index (χ1n) is 9.39. The molecule has 2 amide bonds. The van der Waals surface area contributed by atoms with Gasteiger partial charge in [-0.05, 0) is 43.2 Å². The van der Waals surface area contributed by atoms with E-state index in [1.54, 1.807) is 18.9 Å². The molecule has 1 N–H and O–H groups in total. The number of carbonyl (C=O) groups excluding carboxylic acids is 2. The number of methoxy groups -OCH3 is 1. The lowest BCUT2D eigenvalue weighted by Crippen LogP contribution is -2.50. The normalized spacial score (nSPS) is 17.2. The second-order valence-electron chi connectivity index (χ2n) is 7.08. The summed E-state index contributed by atoms with van der Waals surface area (Å²) in [5.74, 6) is -0.446. The van der Waals surface area contributed by atoms with Crippen molar-refractivity contribution in [1.29, 1.82) is 0 Å². The molecule has 0 aromatic heterocycles. The molecule has 6 heteroatoms. The third-order valence-electron chi connectivity index (χ3n) is 4.89. The van der Waals surface area contributed by atoms with E-state index in [0.717, 1.165) is 16.3 Å². The van der Waals surface area contributed by atoms with Crippen molar-refractivity contribution in [3.05, 3.63) is 59.3 Å². The van der Waals surface area contributed by atoms with Crippen LogP contribution in [0, 0.1) is 0 Å². The summed E-state index contributed by atoms with van der Waals surface area (Å²) in [5, 5.41) is 5.12. The van der Waals surface area contributed by atoms with Crippen molar-refractivity contribution in [2.45, 2.75) is 32.9 Å². The summed E-state index contributed by atoms with van der Waals surface area (Å²) in [4.78, 5) is 27.2. The monoisotopic (exact) mass is 382 g/mol. The number of hydrogen-bond acceptors (Lipinski definition) is 4. The van der Waals surface area contributed by atoms with Crippen molar-refractivity contribution in [3.8, 4) is 0 Å². The van der Waals surface area contributed by atoms with Gasteiger partial charge in [-0.3, -0.25) is 4.90 Å². The Morgan fingerprint density at radius 1 is 1.14 bits per heavy atom. The highest BCUT2D eigenvalue weighted by Gasteiger charge is 2.37. The number of esters is 1. The summed E-state index contributed by atoms with van der Waals surface area (Å²) < 4.78 is 10.4. The van der Waals surface area contributed by atoms with Crippen LogP contribution in [0.2, 0.25) is 0 Å². The van der Waals surface area contributed by atoms with E-state index in [1.165, 1.54) is 0 Å². The fourth-order valence-corrected chi connectivity index (χ4v) is 3.58. The minimum atomic E-state index is -0.567. The highest BCUT2D eigenvalue weighted by atomic mass is 16.6. The summed E-state index contributed by atoms with van der Waals surface area (Å²) in [6.45, 7) is 6.09. The first-order chi connectivity index (χ1) is 13.4. The van der Waals surface area contributed by atoms with E-state index < -0.39 is 12.0 Å². The van der Waals surface area contributed by atoms with Gasteiger partial charge in [-0.15, -0.1) is 0 Å². The number of ether oxygens (including phenoxy) is 2. The van der Waals surface area contributed by atoms with Crippen molar-refractivity contribution in [3.63, 3.8) is 0 Å². The van der Waals surface area contributed by atoms with Crippen molar-refractivity contribution >= 4 is 22.8 Å². The van der Waals surface area contributed by atoms with E-state index in [9.17, 15) is 9.59 Å². The Kier molecular flexibility index (Phi) is 5.99. The number of nitrogens with zero attached hydrogens (tertiary/aromatic N) is 1. The predicted octanol–water partition coefficient (Wildman–Crippen LogP) is 3.78. The zero-order valence-electron chi connectivity index (χ0n) is 16.7. The van der Waals surface area contributed by atoms with Crippen LogP contribution in [-0.2, 0) is 14.3 Å². The first-order valence-corrected chi connectivity index (χ1v) is 9.39. The number of urea groups is 1. The summed E-state index contributed by atoms with van der Waals surface area (Å²) in [6.07, 6.45) is 0. The van der Waals surface area contributed by atoms with Gasteiger partial charge in [-0.1, -0.05) is 36.4 Å². The van der Waals surface area contributed by atoms with E-state index in [1.807, 2.05) is 56.3 Å². The van der Waals surface area contributed by atoms with Gasteiger partial charge >= 0.3 is 12.0 Å². The number of carbonyl (C=O) groups is 2. The molecule has 0 fully saturated rings. The predicted molar refractivity (Wildman–Crippen MR) is 108 cm³/mol. The minimum absolute atomic E-state index is 0.0840. The molecule has 2 aromatic carbocycles. The molecule has 6 nitrogen and oxygen atoms in total. The van der Waals surface area contributed by atoms with Crippen LogP contribution in [0.4, 0.5) is 4.79 Å². The maximum atomic E-state index is 12.9. The maximum Gasteiger partial charge on any atom is 0.338 e. The second-order valence-corrected chi connectivity index (χ2v) is 7.08. The fourth-order valence-electron chi connectivity index (χ4n) is 3.58. The summed E-state index contributed by atoms with van der Waals surface area (Å²) in [5.41, 5.74) is 1.90. The molecule has 1 atom stereocenters. The number of allylic oxidation sites excluding steroid dienone is 1. The van der Waals surface area contributed by atoms with Crippen LogP contribution in [0.15, 0.2) is 53.7 Å². The van der Waals surface area contributed by atoms with Gasteiger partial charge in [0.1, 0.15) is 6.61 Å². The average Bonchev–Trinajstić information content (AvgIpc) is 2.67. The molecule has 0 aliphatic carbocycles. The molecule has 1 aliphatic heterocycles. The lowest BCUT2D eigenvalue weighted by Gasteiger charge is -2.37. The van der Waals surface area contributed by atoms with Gasteiger partial charge in [-0.2, -0.15) is 0 Å². The summed E-state index contributed by atoms with van der Waals surface area (Å²) in [7, 11) is 1.55. The topological polar surface area (TPSA) is 67.9 Å². The van der Waals surface area contributed by atoms with Crippen molar-refractivity contribution in [1.82, 2.24) is 10.2 Å². The standard InChI is InChI=1S/C22H26N2O4/c1-14(2)24-15(3)19(21(25)28-12-11-27-4)20(23-22(24)26)18-10-9-16-7-5-6-8-17(16)13-18/h5-10,13-14,20H,11-12H2,1-4H3,(H,23,26)/t20-/m0/s1. The Balaban J connectivity index is 2.05. The Hall–Kier alpha value is -2.86. The molecule has 0 saturated carbocycles. The number of benzene rings is 2. The molecule has 0 saturated heterocycles. The van der Waals surface area contributed by atoms with Crippen molar-refractivity contribution in [2.24, 2.45) is 0 Å². The minimum Gasteiger partial charge on any atom is -0.460 e. The van der Waals surface area contributed by atoms with E-state index >= 15 is 0 Å². The van der Waals surface area contributed by atoms with Crippen LogP contribution < -0.4 is 5.32 Å². The van der Waals surface area contributed by atoms with Crippen LogP contribution in [0.5, 0.6) is 0 Å². The van der Waals surface area contributed by atoms with E-state index in [-0.39, 0.29) is 18.7 Å². The third kappa shape index (κ3) is 3.87. The lowest BCUT2D eigenvalue weighted by molar-refractivity contribution is -0.140. The van der Waals surface area contributed by atoms with Crippen LogP contribution in [0.1, 0.15) is 32.4 Å². The number of fused-ring (bicyclic) bond motifs is 1. The van der Waals surface area contributed by atoms with Crippen molar-refractivity contribution < 1.29 is 19.1 Å². The highest BCUT2D eigenvalue weighted by Crippen LogP contribution is 2.33. The molecule has 1 aliphatic rings. The second kappa shape index (κ2) is 8.44. The van der Waals surface area contributed by atoms with Gasteiger partial charge in [-0.25, -0.2) is 9.59 Å². The van der Waals surface area contributed by atoms with Crippen LogP contribution in [-0.4, -0.2) is 43.3 Å². The Bertz CT molecular complexity index is 920. The van der Waals surface area contributed by atoms with Gasteiger partial charge in [0.25, 0.3) is 0 Å². The van der Waals surface area contributed by atoms with Gasteiger partial charge in [0.2, 0.25) is 0 Å². The van der Waals surface area contributed by atoms with Crippen LogP contribution in [0.25, 0.3) is 10.8 Å². The molecule has 3 rings (SSSR count). The molecule has 148 valence electrons. The average molecular weight is 382 g/mol. The Morgan fingerprint density at radius 2 is 1.86 bits per heavy atom. The first kappa shape index (κ1) is 19.9. The molecular formula is C22H26N2O4. The Morgan fingerprint density at radius 3 is 2.54 bits per heavy atom.